The number of aryl methyl sites for hydroxylation is 2. The number of nitrogens with zero attached hydrogens (tertiary/aromatic N) is 7. The molecule has 0 aromatic carbocycles. The Morgan fingerprint density at radius 1 is 1.12 bits per heavy atom. The third-order valence-corrected chi connectivity index (χ3v) is 4.69. The molecule has 0 spiro atoms. The lowest BCUT2D eigenvalue weighted by molar-refractivity contribution is 0.0760. The summed E-state index contributed by atoms with van der Waals surface area (Å²) in [4.78, 5) is 16.8. The minimum Gasteiger partial charge on any atom is -0.339 e. The molecule has 1 aliphatic rings. The maximum absolute atomic E-state index is 12.7. The van der Waals surface area contributed by atoms with Gasteiger partial charge < -0.3 is 9.80 Å². The van der Waals surface area contributed by atoms with Crippen molar-refractivity contribution in [1.29, 1.82) is 0 Å². The maximum Gasteiger partial charge on any atom is 0.274 e. The molecule has 3 aromatic rings. The largest absolute Gasteiger partial charge is 0.339 e. The monoisotopic (exact) mass is 339 g/mol. The molecule has 4 rings (SSSR count). The van der Waals surface area contributed by atoms with E-state index in [0.717, 1.165) is 43.3 Å². The highest BCUT2D eigenvalue weighted by molar-refractivity contribution is 5.92. The molecule has 0 aliphatic carbocycles. The van der Waals surface area contributed by atoms with Gasteiger partial charge in [0, 0.05) is 45.1 Å². The van der Waals surface area contributed by atoms with E-state index >= 15 is 0 Å². The maximum atomic E-state index is 12.7. The molecule has 1 aliphatic heterocycles. The van der Waals surface area contributed by atoms with Gasteiger partial charge in [0.1, 0.15) is 0 Å². The molecule has 0 saturated carbocycles. The summed E-state index contributed by atoms with van der Waals surface area (Å²) in [6.07, 6.45) is 2.86. The van der Waals surface area contributed by atoms with Crippen LogP contribution in [0.25, 0.3) is 5.65 Å². The van der Waals surface area contributed by atoms with Crippen LogP contribution in [0.3, 0.4) is 0 Å². The SMILES string of the molecule is Cc1cc(C(=O)N2CCCN(c3nnc4ccccn34)CC2)nn1C. The van der Waals surface area contributed by atoms with Gasteiger partial charge in [0.25, 0.3) is 5.91 Å². The molecule has 0 radical (unpaired) electrons. The van der Waals surface area contributed by atoms with E-state index in [1.165, 1.54) is 0 Å². The number of amides is 1. The van der Waals surface area contributed by atoms with Crippen molar-refractivity contribution in [3.63, 3.8) is 0 Å². The smallest absolute Gasteiger partial charge is 0.274 e. The van der Waals surface area contributed by atoms with Crippen LogP contribution >= 0.6 is 0 Å². The van der Waals surface area contributed by atoms with Crippen molar-refractivity contribution in [2.24, 2.45) is 7.05 Å². The zero-order chi connectivity index (χ0) is 17.4. The Balaban J connectivity index is 1.51. The molecule has 0 unspecified atom stereocenters. The summed E-state index contributed by atoms with van der Waals surface area (Å²) in [5, 5.41) is 12.9. The van der Waals surface area contributed by atoms with Crippen LogP contribution in [0.2, 0.25) is 0 Å². The summed E-state index contributed by atoms with van der Waals surface area (Å²) < 4.78 is 3.72. The van der Waals surface area contributed by atoms with Gasteiger partial charge in [-0.2, -0.15) is 5.10 Å². The topological polar surface area (TPSA) is 71.6 Å². The first kappa shape index (κ1) is 15.6. The number of hydrogen-bond acceptors (Lipinski definition) is 5. The Hall–Kier alpha value is -2.90. The summed E-state index contributed by atoms with van der Waals surface area (Å²) in [6, 6.07) is 7.70. The van der Waals surface area contributed by atoms with Gasteiger partial charge in [0.15, 0.2) is 11.3 Å². The molecule has 1 amide bonds. The molecule has 3 aromatic heterocycles. The van der Waals surface area contributed by atoms with E-state index in [-0.39, 0.29) is 5.91 Å². The predicted molar refractivity (Wildman–Crippen MR) is 93.7 cm³/mol. The van der Waals surface area contributed by atoms with Crippen LogP contribution in [0, 0.1) is 6.92 Å². The number of fused-ring (bicyclic) bond motifs is 1. The first-order valence-corrected chi connectivity index (χ1v) is 8.48. The van der Waals surface area contributed by atoms with Gasteiger partial charge in [0.05, 0.1) is 0 Å². The van der Waals surface area contributed by atoms with Gasteiger partial charge in [0.2, 0.25) is 5.95 Å². The van der Waals surface area contributed by atoms with E-state index in [1.54, 1.807) is 4.68 Å². The number of rotatable bonds is 2. The summed E-state index contributed by atoms with van der Waals surface area (Å²) in [5.41, 5.74) is 2.33. The Bertz CT molecular complexity index is 893. The van der Waals surface area contributed by atoms with Crippen LogP contribution in [0.5, 0.6) is 0 Å². The van der Waals surface area contributed by atoms with Gasteiger partial charge in [-0.15, -0.1) is 10.2 Å². The number of hydrogen-bond donors (Lipinski definition) is 0. The molecule has 130 valence electrons. The second-order valence-electron chi connectivity index (χ2n) is 6.36. The van der Waals surface area contributed by atoms with Crippen LogP contribution in [0.4, 0.5) is 5.95 Å². The first-order valence-electron chi connectivity index (χ1n) is 8.48. The molecule has 0 N–H and O–H groups in total. The van der Waals surface area contributed by atoms with Gasteiger partial charge in [-0.25, -0.2) is 0 Å². The number of aromatic nitrogens is 5. The summed E-state index contributed by atoms with van der Waals surface area (Å²) in [7, 11) is 1.85. The Kier molecular flexibility index (Phi) is 3.87. The van der Waals surface area contributed by atoms with Crippen molar-refractivity contribution in [1.82, 2.24) is 29.3 Å². The van der Waals surface area contributed by atoms with Gasteiger partial charge in [-0.3, -0.25) is 13.9 Å². The third kappa shape index (κ3) is 2.84. The Morgan fingerprint density at radius 3 is 2.80 bits per heavy atom. The molecule has 1 saturated heterocycles. The standard InChI is InChI=1S/C17H21N7O/c1-13-12-14(20-21(13)2)16(25)22-7-5-8-23(11-10-22)17-19-18-15-6-3-4-9-24(15)17/h3-4,6,9,12H,5,7-8,10-11H2,1-2H3. The van der Waals surface area contributed by atoms with Gasteiger partial charge in [-0.1, -0.05) is 6.07 Å². The molecular formula is C17H21N7O. The van der Waals surface area contributed by atoms with Crippen molar-refractivity contribution >= 4 is 17.5 Å². The number of carbonyl (C=O) groups is 1. The van der Waals surface area contributed by atoms with Crippen LogP contribution < -0.4 is 4.90 Å². The second kappa shape index (κ2) is 6.19. The van der Waals surface area contributed by atoms with E-state index in [2.05, 4.69) is 20.2 Å². The predicted octanol–water partition coefficient (Wildman–Crippen LogP) is 1.12. The quantitative estimate of drug-likeness (QED) is 0.700. The lowest BCUT2D eigenvalue weighted by Crippen LogP contribution is -2.35. The molecule has 1 fully saturated rings. The lowest BCUT2D eigenvalue weighted by Gasteiger charge is -2.21. The van der Waals surface area contributed by atoms with E-state index in [9.17, 15) is 4.79 Å². The minimum atomic E-state index is -0.00310. The van der Waals surface area contributed by atoms with E-state index in [1.807, 2.05) is 53.7 Å². The minimum absolute atomic E-state index is 0.00310. The zero-order valence-electron chi connectivity index (χ0n) is 14.5. The molecule has 4 heterocycles. The van der Waals surface area contributed by atoms with E-state index in [4.69, 9.17) is 0 Å². The van der Waals surface area contributed by atoms with E-state index in [0.29, 0.717) is 12.2 Å². The fourth-order valence-electron chi connectivity index (χ4n) is 3.19. The fourth-order valence-corrected chi connectivity index (χ4v) is 3.19. The van der Waals surface area contributed by atoms with Crippen LogP contribution in [0.15, 0.2) is 30.5 Å². The van der Waals surface area contributed by atoms with Crippen LogP contribution in [-0.4, -0.2) is 61.4 Å². The third-order valence-electron chi connectivity index (χ3n) is 4.69. The molecular weight excluding hydrogens is 318 g/mol. The van der Waals surface area contributed by atoms with Gasteiger partial charge >= 0.3 is 0 Å². The Labute approximate surface area is 145 Å². The molecule has 8 nitrogen and oxygen atoms in total. The average molecular weight is 339 g/mol. The normalized spacial score (nSPS) is 15.6. The highest BCUT2D eigenvalue weighted by atomic mass is 16.2. The van der Waals surface area contributed by atoms with Crippen LogP contribution in [0.1, 0.15) is 22.6 Å². The lowest BCUT2D eigenvalue weighted by atomic mass is 10.3. The van der Waals surface area contributed by atoms with Crippen molar-refractivity contribution in [3.05, 3.63) is 41.9 Å². The Morgan fingerprint density at radius 2 is 2.00 bits per heavy atom. The molecule has 25 heavy (non-hydrogen) atoms. The number of carbonyl (C=O) groups excluding carboxylic acids is 1. The van der Waals surface area contributed by atoms with Crippen LogP contribution in [-0.2, 0) is 7.05 Å². The molecule has 8 heteroatoms. The summed E-state index contributed by atoms with van der Waals surface area (Å²) in [5.74, 6) is 0.829. The van der Waals surface area contributed by atoms with E-state index < -0.39 is 0 Å². The average Bonchev–Trinajstić information content (AvgIpc) is 3.09. The van der Waals surface area contributed by atoms with Crippen molar-refractivity contribution in [2.75, 3.05) is 31.1 Å². The fraction of sp³-hybridized carbons (Fsp3) is 0.412. The molecule has 0 atom stereocenters. The van der Waals surface area contributed by atoms with Crippen molar-refractivity contribution in [3.8, 4) is 0 Å². The number of pyridine rings is 1. The summed E-state index contributed by atoms with van der Waals surface area (Å²) in [6.45, 7) is 4.90. The highest BCUT2D eigenvalue weighted by Gasteiger charge is 2.24. The van der Waals surface area contributed by atoms with Crippen molar-refractivity contribution in [2.45, 2.75) is 13.3 Å². The second-order valence-corrected chi connectivity index (χ2v) is 6.36. The first-order chi connectivity index (χ1) is 12.1. The van der Waals surface area contributed by atoms with Crippen molar-refractivity contribution < 1.29 is 4.79 Å². The summed E-state index contributed by atoms with van der Waals surface area (Å²) >= 11 is 0. The molecule has 0 bridgehead atoms. The zero-order valence-corrected chi connectivity index (χ0v) is 14.5. The van der Waals surface area contributed by atoms with Gasteiger partial charge in [-0.05, 0) is 31.5 Å². The highest BCUT2D eigenvalue weighted by Crippen LogP contribution is 2.16. The number of anilines is 1.